The molecule has 0 unspecified atom stereocenters. The molecule has 3 aromatic rings. The van der Waals surface area contributed by atoms with E-state index in [1.807, 2.05) is 18.2 Å². The number of rotatable bonds is 5. The minimum Gasteiger partial charge on any atom is -0.352 e. The molecule has 0 bridgehead atoms. The van der Waals surface area contributed by atoms with E-state index in [4.69, 9.17) is 4.98 Å². The number of nitro benzene ring substituents is 1. The third kappa shape index (κ3) is 4.22. The number of thiazole rings is 1. The number of nitro groups is 1. The van der Waals surface area contributed by atoms with Crippen LogP contribution in [-0.2, 0) is 0 Å². The average molecular weight is 410 g/mol. The number of piperidine rings is 1. The van der Waals surface area contributed by atoms with Crippen LogP contribution >= 0.6 is 11.3 Å². The Morgan fingerprint density at radius 1 is 1.28 bits per heavy atom. The Hall–Kier alpha value is -3.00. The molecule has 2 aromatic carbocycles. The second-order valence-corrected chi connectivity index (χ2v) is 8.37. The van der Waals surface area contributed by atoms with Crippen LogP contribution in [0.2, 0.25) is 0 Å². The van der Waals surface area contributed by atoms with Crippen molar-refractivity contribution < 1.29 is 9.72 Å². The minimum atomic E-state index is -0.454. The zero-order valence-corrected chi connectivity index (χ0v) is 16.9. The summed E-state index contributed by atoms with van der Waals surface area (Å²) in [4.78, 5) is 30.1. The van der Waals surface area contributed by atoms with E-state index in [2.05, 4.69) is 16.3 Å². The monoisotopic (exact) mass is 410 g/mol. The van der Waals surface area contributed by atoms with Gasteiger partial charge in [-0.2, -0.15) is 0 Å². The molecule has 1 aliphatic heterocycles. The highest BCUT2D eigenvalue weighted by Gasteiger charge is 2.22. The standard InChI is InChI=1S/C21H22N4O3S/c1-14-6-7-16(12-18(14)25(27)28)20(26)22-13-15-8-10-24(11-9-15)21-23-17-4-2-3-5-19(17)29-21/h2-7,12,15H,8-11,13H2,1H3,(H,22,26). The molecular weight excluding hydrogens is 388 g/mol. The zero-order chi connectivity index (χ0) is 20.4. The number of amides is 1. The van der Waals surface area contributed by atoms with Crippen molar-refractivity contribution in [2.24, 2.45) is 5.92 Å². The van der Waals surface area contributed by atoms with E-state index in [1.165, 1.54) is 10.8 Å². The van der Waals surface area contributed by atoms with Gasteiger partial charge in [0.05, 0.1) is 15.1 Å². The normalized spacial score (nSPS) is 14.9. The van der Waals surface area contributed by atoms with Gasteiger partial charge in [0.15, 0.2) is 5.13 Å². The number of nitrogens with zero attached hydrogens (tertiary/aromatic N) is 3. The van der Waals surface area contributed by atoms with Crippen molar-refractivity contribution in [2.75, 3.05) is 24.5 Å². The molecule has 7 nitrogen and oxygen atoms in total. The summed E-state index contributed by atoms with van der Waals surface area (Å²) in [6, 6.07) is 12.8. The number of aromatic nitrogens is 1. The number of aryl methyl sites for hydroxylation is 1. The highest BCUT2D eigenvalue weighted by molar-refractivity contribution is 7.22. The van der Waals surface area contributed by atoms with E-state index < -0.39 is 4.92 Å². The SMILES string of the molecule is Cc1ccc(C(=O)NCC2CCN(c3nc4ccccc4s3)CC2)cc1[N+](=O)[O-]. The molecule has 1 aliphatic rings. The Kier molecular flexibility index (Phi) is 5.44. The molecular formula is C21H22N4O3S. The molecule has 1 saturated heterocycles. The third-order valence-corrected chi connectivity index (χ3v) is 6.48. The lowest BCUT2D eigenvalue weighted by atomic mass is 9.97. The molecule has 0 radical (unpaired) electrons. The summed E-state index contributed by atoms with van der Waals surface area (Å²) in [5.74, 6) is 0.131. The third-order valence-electron chi connectivity index (χ3n) is 5.39. The van der Waals surface area contributed by atoms with Gasteiger partial charge in [0.2, 0.25) is 0 Å². The summed E-state index contributed by atoms with van der Waals surface area (Å²) in [5.41, 5.74) is 1.89. The lowest BCUT2D eigenvalue weighted by Gasteiger charge is -2.31. The summed E-state index contributed by atoms with van der Waals surface area (Å²) in [7, 11) is 0. The van der Waals surface area contributed by atoms with Crippen LogP contribution in [0, 0.1) is 23.0 Å². The Bertz CT molecular complexity index is 1020. The molecule has 0 aliphatic carbocycles. The maximum absolute atomic E-state index is 12.4. The van der Waals surface area contributed by atoms with E-state index >= 15 is 0 Å². The average Bonchev–Trinajstić information content (AvgIpc) is 3.17. The maximum Gasteiger partial charge on any atom is 0.273 e. The number of carbonyl (C=O) groups is 1. The molecule has 150 valence electrons. The van der Waals surface area contributed by atoms with Gasteiger partial charge in [-0.05, 0) is 43.9 Å². The molecule has 1 aromatic heterocycles. The lowest BCUT2D eigenvalue weighted by molar-refractivity contribution is -0.385. The molecule has 1 amide bonds. The topological polar surface area (TPSA) is 88.4 Å². The Morgan fingerprint density at radius 3 is 2.76 bits per heavy atom. The maximum atomic E-state index is 12.4. The Labute approximate surface area is 172 Å². The highest BCUT2D eigenvalue weighted by Crippen LogP contribution is 2.31. The second kappa shape index (κ2) is 8.16. The van der Waals surface area contributed by atoms with Gasteiger partial charge in [0, 0.05) is 36.8 Å². The number of benzene rings is 2. The van der Waals surface area contributed by atoms with E-state index in [1.54, 1.807) is 30.4 Å². The number of hydrogen-bond donors (Lipinski definition) is 1. The van der Waals surface area contributed by atoms with E-state index in [0.29, 0.717) is 23.6 Å². The van der Waals surface area contributed by atoms with Crippen LogP contribution in [0.15, 0.2) is 42.5 Å². The first-order valence-corrected chi connectivity index (χ1v) is 10.5. The van der Waals surface area contributed by atoms with E-state index in [9.17, 15) is 14.9 Å². The molecule has 0 atom stereocenters. The molecule has 8 heteroatoms. The minimum absolute atomic E-state index is 0.0261. The van der Waals surface area contributed by atoms with E-state index in [-0.39, 0.29) is 11.6 Å². The van der Waals surface area contributed by atoms with Gasteiger partial charge in [-0.3, -0.25) is 14.9 Å². The Balaban J connectivity index is 1.31. The van der Waals surface area contributed by atoms with Gasteiger partial charge in [0.1, 0.15) is 0 Å². The fourth-order valence-corrected chi connectivity index (χ4v) is 4.63. The highest BCUT2D eigenvalue weighted by atomic mass is 32.1. The molecule has 1 N–H and O–H groups in total. The second-order valence-electron chi connectivity index (χ2n) is 7.36. The number of para-hydroxylation sites is 1. The van der Waals surface area contributed by atoms with Gasteiger partial charge in [-0.25, -0.2) is 4.98 Å². The smallest absolute Gasteiger partial charge is 0.273 e. The molecule has 1 fully saturated rings. The van der Waals surface area contributed by atoms with Crippen LogP contribution in [0.25, 0.3) is 10.2 Å². The number of carbonyl (C=O) groups excluding carboxylic acids is 1. The molecule has 29 heavy (non-hydrogen) atoms. The number of nitrogens with one attached hydrogen (secondary N) is 1. The molecule has 2 heterocycles. The predicted octanol–water partition coefficient (Wildman–Crippen LogP) is 4.16. The summed E-state index contributed by atoms with van der Waals surface area (Å²) < 4.78 is 1.20. The van der Waals surface area contributed by atoms with Gasteiger partial charge >= 0.3 is 0 Å². The van der Waals surface area contributed by atoms with Crippen LogP contribution < -0.4 is 10.2 Å². The summed E-state index contributed by atoms with van der Waals surface area (Å²) in [6.45, 7) is 4.07. The van der Waals surface area contributed by atoms with E-state index in [0.717, 1.165) is 36.6 Å². The first-order valence-electron chi connectivity index (χ1n) is 9.65. The first kappa shape index (κ1) is 19.3. The largest absolute Gasteiger partial charge is 0.352 e. The quantitative estimate of drug-likeness (QED) is 0.504. The Morgan fingerprint density at radius 2 is 2.03 bits per heavy atom. The van der Waals surface area contributed by atoms with Gasteiger partial charge in [-0.1, -0.05) is 29.5 Å². The van der Waals surface area contributed by atoms with Crippen molar-refractivity contribution in [2.45, 2.75) is 19.8 Å². The van der Waals surface area contributed by atoms with Crippen molar-refractivity contribution in [1.82, 2.24) is 10.3 Å². The van der Waals surface area contributed by atoms with Crippen LogP contribution in [0.1, 0.15) is 28.8 Å². The molecule has 0 spiro atoms. The number of anilines is 1. The fourth-order valence-electron chi connectivity index (χ4n) is 3.61. The lowest BCUT2D eigenvalue weighted by Crippen LogP contribution is -2.38. The summed E-state index contributed by atoms with van der Waals surface area (Å²) >= 11 is 1.72. The molecule has 0 saturated carbocycles. The van der Waals surface area contributed by atoms with Crippen molar-refractivity contribution in [3.8, 4) is 0 Å². The first-order chi connectivity index (χ1) is 14.0. The van der Waals surface area contributed by atoms with Gasteiger partial charge in [-0.15, -0.1) is 0 Å². The summed E-state index contributed by atoms with van der Waals surface area (Å²) in [6.07, 6.45) is 1.95. The zero-order valence-electron chi connectivity index (χ0n) is 16.1. The van der Waals surface area contributed by atoms with Crippen molar-refractivity contribution >= 4 is 38.3 Å². The molecule has 4 rings (SSSR count). The van der Waals surface area contributed by atoms with Gasteiger partial charge in [0.25, 0.3) is 11.6 Å². The number of fused-ring (bicyclic) bond motifs is 1. The van der Waals surface area contributed by atoms with Crippen molar-refractivity contribution in [3.63, 3.8) is 0 Å². The van der Waals surface area contributed by atoms with Crippen LogP contribution in [0.5, 0.6) is 0 Å². The van der Waals surface area contributed by atoms with Crippen molar-refractivity contribution in [1.29, 1.82) is 0 Å². The van der Waals surface area contributed by atoms with Gasteiger partial charge < -0.3 is 10.2 Å². The van der Waals surface area contributed by atoms with Crippen LogP contribution in [-0.4, -0.2) is 35.4 Å². The van der Waals surface area contributed by atoms with Crippen LogP contribution in [0.4, 0.5) is 10.8 Å². The number of hydrogen-bond acceptors (Lipinski definition) is 6. The summed E-state index contributed by atoms with van der Waals surface area (Å²) in [5, 5.41) is 15.1. The van der Waals surface area contributed by atoms with Crippen LogP contribution in [0.3, 0.4) is 0 Å². The fraction of sp³-hybridized carbons (Fsp3) is 0.333. The van der Waals surface area contributed by atoms with Crippen molar-refractivity contribution in [3.05, 3.63) is 63.7 Å². The predicted molar refractivity (Wildman–Crippen MR) is 115 cm³/mol.